The van der Waals surface area contributed by atoms with Crippen molar-refractivity contribution in [2.45, 2.75) is 16.9 Å². The van der Waals surface area contributed by atoms with E-state index in [0.717, 1.165) is 17.0 Å². The van der Waals surface area contributed by atoms with Crippen LogP contribution in [0, 0.1) is 0 Å². The number of benzene rings is 2. The fraction of sp³-hybridized carbons (Fsp3) is 0.136. The van der Waals surface area contributed by atoms with Crippen molar-refractivity contribution in [3.63, 3.8) is 0 Å². The second-order valence-electron chi connectivity index (χ2n) is 7.23. The molecule has 0 aliphatic carbocycles. The van der Waals surface area contributed by atoms with E-state index >= 15 is 0 Å². The maximum Gasteiger partial charge on any atom is 0.501 e. The van der Waals surface area contributed by atoms with Crippen molar-refractivity contribution in [2.24, 2.45) is 0 Å². The summed E-state index contributed by atoms with van der Waals surface area (Å²) in [7, 11) is -5.54. The third-order valence-corrected chi connectivity index (χ3v) is 6.39. The molecule has 3 aromatic rings. The number of nitrogens with zero attached hydrogens (tertiary/aromatic N) is 3. The van der Waals surface area contributed by atoms with Crippen molar-refractivity contribution >= 4 is 27.5 Å². The normalized spacial score (nSPS) is 14.6. The minimum atomic E-state index is -5.54. The summed E-state index contributed by atoms with van der Waals surface area (Å²) in [6, 6.07) is 14.9. The maximum atomic E-state index is 12.8. The number of sulfone groups is 1. The smallest absolute Gasteiger partial charge is 0.439 e. The van der Waals surface area contributed by atoms with Gasteiger partial charge in [0.2, 0.25) is 5.88 Å². The Morgan fingerprint density at radius 2 is 1.65 bits per heavy atom. The first-order chi connectivity index (χ1) is 16.1. The average Bonchev–Trinajstić information content (AvgIpc) is 3.06. The van der Waals surface area contributed by atoms with Crippen molar-refractivity contribution < 1.29 is 35.9 Å². The van der Waals surface area contributed by atoms with Crippen LogP contribution in [0.25, 0.3) is 0 Å². The number of hydrogen-bond acceptors (Lipinski definition) is 6. The van der Waals surface area contributed by atoms with Crippen molar-refractivity contribution in [3.8, 4) is 11.6 Å². The molecule has 8 nitrogen and oxygen atoms in total. The van der Waals surface area contributed by atoms with Gasteiger partial charge in [0, 0.05) is 18.8 Å². The number of imide groups is 1. The third-order valence-electron chi connectivity index (χ3n) is 4.89. The zero-order chi connectivity index (χ0) is 24.5. The molecule has 3 amide bonds. The molecule has 2 heterocycles. The van der Waals surface area contributed by atoms with Crippen molar-refractivity contribution in [2.75, 3.05) is 11.4 Å². The lowest BCUT2D eigenvalue weighted by Crippen LogP contribution is -2.32. The fourth-order valence-corrected chi connectivity index (χ4v) is 4.03. The van der Waals surface area contributed by atoms with E-state index in [4.69, 9.17) is 4.74 Å². The lowest BCUT2D eigenvalue weighted by Gasteiger charge is -2.18. The molecule has 4 rings (SSSR count). The summed E-state index contributed by atoms with van der Waals surface area (Å²) in [5.74, 6) is 0.257. The summed E-state index contributed by atoms with van der Waals surface area (Å²) in [5.41, 5.74) is -4.87. The van der Waals surface area contributed by atoms with Crippen molar-refractivity contribution in [1.82, 2.24) is 9.88 Å². The van der Waals surface area contributed by atoms with Gasteiger partial charge in [-0.25, -0.2) is 23.1 Å². The van der Waals surface area contributed by atoms with E-state index in [1.165, 1.54) is 11.1 Å². The highest BCUT2D eigenvalue weighted by molar-refractivity contribution is 7.92. The standard InChI is InChI=1S/C22H16F3N3O5S/c23-22(24,25)34(31,32)18-8-6-16(7-9-18)28-20(29)14-27(21(28)30)13-15-10-11-26-19(12-15)33-17-4-2-1-3-5-17/h1-12H,13-14H2. The lowest BCUT2D eigenvalue weighted by molar-refractivity contribution is -0.116. The van der Waals surface area contributed by atoms with Crippen LogP contribution in [0.2, 0.25) is 0 Å². The number of urea groups is 1. The van der Waals surface area contributed by atoms with Crippen LogP contribution in [0.15, 0.2) is 77.8 Å². The molecule has 176 valence electrons. The highest BCUT2D eigenvalue weighted by atomic mass is 32.2. The number of amides is 3. The Hall–Kier alpha value is -3.93. The van der Waals surface area contributed by atoms with Gasteiger partial charge in [-0.1, -0.05) is 18.2 Å². The molecule has 0 saturated carbocycles. The first-order valence-electron chi connectivity index (χ1n) is 9.77. The lowest BCUT2D eigenvalue weighted by atomic mass is 10.2. The molecule has 1 fully saturated rings. The molecule has 12 heteroatoms. The van der Waals surface area contributed by atoms with Crippen LogP contribution in [0.4, 0.5) is 23.7 Å². The summed E-state index contributed by atoms with van der Waals surface area (Å²) in [5, 5.41) is 0. The zero-order valence-corrected chi connectivity index (χ0v) is 18.1. The molecule has 0 radical (unpaired) electrons. The van der Waals surface area contributed by atoms with Crippen LogP contribution in [0.3, 0.4) is 0 Å². The summed E-state index contributed by atoms with van der Waals surface area (Å²) < 4.78 is 66.9. The zero-order valence-electron chi connectivity index (χ0n) is 17.3. The van der Waals surface area contributed by atoms with E-state index in [9.17, 15) is 31.2 Å². The molecule has 0 atom stereocenters. The quantitative estimate of drug-likeness (QED) is 0.481. The third kappa shape index (κ3) is 4.57. The Kier molecular flexibility index (Phi) is 6.00. The summed E-state index contributed by atoms with van der Waals surface area (Å²) >= 11 is 0. The molecule has 2 aromatic carbocycles. The molecule has 1 aromatic heterocycles. The van der Waals surface area contributed by atoms with Crippen molar-refractivity contribution in [1.29, 1.82) is 0 Å². The largest absolute Gasteiger partial charge is 0.501 e. The van der Waals surface area contributed by atoms with Gasteiger partial charge >= 0.3 is 11.5 Å². The first kappa shape index (κ1) is 23.2. The number of carbonyl (C=O) groups is 2. The number of halogens is 3. The van der Waals surface area contributed by atoms with Gasteiger partial charge in [0.15, 0.2) is 0 Å². The SMILES string of the molecule is O=C1CN(Cc2ccnc(Oc3ccccc3)c2)C(=O)N1c1ccc(S(=O)(=O)C(F)(F)F)cc1. The molecule has 1 aliphatic rings. The second kappa shape index (κ2) is 8.78. The number of carbonyl (C=O) groups excluding carboxylic acids is 2. The maximum absolute atomic E-state index is 12.8. The van der Waals surface area contributed by atoms with Gasteiger partial charge in [0.25, 0.3) is 15.7 Å². The van der Waals surface area contributed by atoms with E-state index in [0.29, 0.717) is 29.3 Å². The summed E-state index contributed by atoms with van der Waals surface area (Å²) in [6.45, 7) is -0.214. The molecule has 1 saturated heterocycles. The number of rotatable bonds is 6. The predicted molar refractivity (Wildman–Crippen MR) is 114 cm³/mol. The number of aromatic nitrogens is 1. The summed E-state index contributed by atoms with van der Waals surface area (Å²) in [4.78, 5) is 30.4. The van der Waals surface area contributed by atoms with Crippen LogP contribution in [0.5, 0.6) is 11.6 Å². The Morgan fingerprint density at radius 3 is 2.29 bits per heavy atom. The fourth-order valence-electron chi connectivity index (χ4n) is 3.27. The number of alkyl halides is 3. The molecular formula is C22H16F3N3O5S. The highest BCUT2D eigenvalue weighted by Gasteiger charge is 2.47. The highest BCUT2D eigenvalue weighted by Crippen LogP contribution is 2.32. The molecule has 34 heavy (non-hydrogen) atoms. The van der Waals surface area contributed by atoms with Gasteiger partial charge in [0.1, 0.15) is 12.3 Å². The van der Waals surface area contributed by atoms with Gasteiger partial charge in [-0.05, 0) is 48.0 Å². The van der Waals surface area contributed by atoms with E-state index in [-0.39, 0.29) is 18.8 Å². The second-order valence-corrected chi connectivity index (χ2v) is 9.17. The molecule has 0 bridgehead atoms. The first-order valence-corrected chi connectivity index (χ1v) is 11.3. The molecular weight excluding hydrogens is 475 g/mol. The van der Waals surface area contributed by atoms with Crippen LogP contribution in [0.1, 0.15) is 5.56 Å². The van der Waals surface area contributed by atoms with Crippen LogP contribution in [-0.4, -0.2) is 42.3 Å². The Bertz CT molecular complexity index is 1330. The van der Waals surface area contributed by atoms with Gasteiger partial charge in [0.05, 0.1) is 10.6 Å². The Morgan fingerprint density at radius 1 is 0.971 bits per heavy atom. The predicted octanol–water partition coefficient (Wildman–Crippen LogP) is 4.14. The van der Waals surface area contributed by atoms with E-state index in [2.05, 4.69) is 4.98 Å². The number of ether oxygens (including phenoxy) is 1. The minimum Gasteiger partial charge on any atom is -0.439 e. The van der Waals surface area contributed by atoms with Crippen molar-refractivity contribution in [3.05, 3.63) is 78.5 Å². The van der Waals surface area contributed by atoms with Gasteiger partial charge in [-0.3, -0.25) is 4.79 Å². The van der Waals surface area contributed by atoms with E-state index in [1.807, 2.05) is 6.07 Å². The average molecular weight is 491 g/mol. The molecule has 1 aliphatic heterocycles. The monoisotopic (exact) mass is 491 g/mol. The number of hydrogen-bond donors (Lipinski definition) is 0. The minimum absolute atomic E-state index is 0.0403. The molecule has 0 unspecified atom stereocenters. The number of pyridine rings is 1. The Balaban J connectivity index is 1.49. The van der Waals surface area contributed by atoms with Gasteiger partial charge in [-0.15, -0.1) is 0 Å². The van der Waals surface area contributed by atoms with E-state index in [1.54, 1.807) is 36.4 Å². The van der Waals surface area contributed by atoms with Crippen LogP contribution >= 0.6 is 0 Å². The van der Waals surface area contributed by atoms with Crippen LogP contribution in [-0.2, 0) is 21.2 Å². The topological polar surface area (TPSA) is 96.9 Å². The van der Waals surface area contributed by atoms with E-state index < -0.39 is 32.2 Å². The Labute approximate surface area is 192 Å². The molecule has 0 spiro atoms. The summed E-state index contributed by atoms with van der Waals surface area (Å²) in [6.07, 6.45) is 1.49. The molecule has 0 N–H and O–H groups in total. The van der Waals surface area contributed by atoms with Gasteiger partial charge in [-0.2, -0.15) is 13.2 Å². The van der Waals surface area contributed by atoms with Crippen LogP contribution < -0.4 is 9.64 Å². The number of anilines is 1. The van der Waals surface area contributed by atoms with Gasteiger partial charge < -0.3 is 9.64 Å². The number of para-hydroxylation sites is 1.